The topological polar surface area (TPSA) is 41.9 Å². The molecular weight excluding hydrogens is 242 g/mol. The van der Waals surface area contributed by atoms with Crippen LogP contribution in [0.5, 0.6) is 11.5 Å². The Balaban J connectivity index is 1.70. The summed E-state index contributed by atoms with van der Waals surface area (Å²) in [6, 6.07) is 5.45. The minimum absolute atomic E-state index is 0.350. The van der Waals surface area contributed by atoms with E-state index in [0.717, 1.165) is 57.0 Å². The van der Waals surface area contributed by atoms with E-state index in [1.807, 2.05) is 19.1 Å². The van der Waals surface area contributed by atoms with Crippen LogP contribution in [0.4, 0.5) is 0 Å². The SMILES string of the molecule is CCc1cc(OCCCN2CCOCC2)ccc1O. The van der Waals surface area contributed by atoms with Crippen molar-refractivity contribution in [3.05, 3.63) is 23.8 Å². The molecule has 0 unspecified atom stereocenters. The molecule has 1 aliphatic heterocycles. The molecule has 0 aliphatic carbocycles. The van der Waals surface area contributed by atoms with Crippen LogP contribution in [-0.2, 0) is 11.2 Å². The zero-order valence-corrected chi connectivity index (χ0v) is 11.6. The number of nitrogens with zero attached hydrogens (tertiary/aromatic N) is 1. The molecule has 0 atom stereocenters. The van der Waals surface area contributed by atoms with Gasteiger partial charge in [0.2, 0.25) is 0 Å². The largest absolute Gasteiger partial charge is 0.508 e. The Labute approximate surface area is 114 Å². The van der Waals surface area contributed by atoms with E-state index in [1.165, 1.54) is 0 Å². The number of aromatic hydroxyl groups is 1. The zero-order chi connectivity index (χ0) is 13.5. The van der Waals surface area contributed by atoms with Crippen LogP contribution in [0.15, 0.2) is 18.2 Å². The Morgan fingerprint density at radius 1 is 1.32 bits per heavy atom. The van der Waals surface area contributed by atoms with Crippen LogP contribution >= 0.6 is 0 Å². The first kappa shape index (κ1) is 14.2. The van der Waals surface area contributed by atoms with Crippen molar-refractivity contribution in [2.75, 3.05) is 39.5 Å². The summed E-state index contributed by atoms with van der Waals surface area (Å²) in [7, 11) is 0. The number of rotatable bonds is 6. The van der Waals surface area contributed by atoms with Crippen molar-refractivity contribution in [3.8, 4) is 11.5 Å². The molecular formula is C15H23NO3. The summed E-state index contributed by atoms with van der Waals surface area (Å²) < 4.78 is 11.0. The second kappa shape index (κ2) is 7.36. The average molecular weight is 265 g/mol. The molecule has 2 rings (SSSR count). The monoisotopic (exact) mass is 265 g/mol. The van der Waals surface area contributed by atoms with E-state index in [9.17, 15) is 5.11 Å². The molecule has 1 saturated heterocycles. The molecule has 1 aromatic rings. The van der Waals surface area contributed by atoms with E-state index in [0.29, 0.717) is 12.4 Å². The van der Waals surface area contributed by atoms with Crippen molar-refractivity contribution < 1.29 is 14.6 Å². The van der Waals surface area contributed by atoms with E-state index in [4.69, 9.17) is 9.47 Å². The molecule has 1 N–H and O–H groups in total. The van der Waals surface area contributed by atoms with E-state index < -0.39 is 0 Å². The fraction of sp³-hybridized carbons (Fsp3) is 0.600. The fourth-order valence-corrected chi connectivity index (χ4v) is 2.24. The Bertz CT molecular complexity index is 389. The first-order valence-corrected chi connectivity index (χ1v) is 7.04. The number of hydrogen-bond donors (Lipinski definition) is 1. The number of ether oxygens (including phenoxy) is 2. The number of hydrogen-bond acceptors (Lipinski definition) is 4. The van der Waals surface area contributed by atoms with Gasteiger partial charge in [-0.05, 0) is 36.6 Å². The van der Waals surface area contributed by atoms with Gasteiger partial charge in [-0.15, -0.1) is 0 Å². The molecule has 0 spiro atoms. The molecule has 1 aliphatic rings. The number of phenols is 1. The second-order valence-corrected chi connectivity index (χ2v) is 4.80. The predicted octanol–water partition coefficient (Wildman–Crippen LogP) is 2.06. The highest BCUT2D eigenvalue weighted by Crippen LogP contribution is 2.23. The van der Waals surface area contributed by atoms with Crippen LogP contribution < -0.4 is 4.74 Å². The molecule has 106 valence electrons. The highest BCUT2D eigenvalue weighted by atomic mass is 16.5. The lowest BCUT2D eigenvalue weighted by molar-refractivity contribution is 0.0358. The number of phenolic OH excluding ortho intramolecular Hbond substituents is 1. The lowest BCUT2D eigenvalue weighted by Gasteiger charge is -2.26. The maximum Gasteiger partial charge on any atom is 0.119 e. The van der Waals surface area contributed by atoms with Gasteiger partial charge in [-0.2, -0.15) is 0 Å². The van der Waals surface area contributed by atoms with Crippen molar-refractivity contribution in [3.63, 3.8) is 0 Å². The predicted molar refractivity (Wildman–Crippen MR) is 74.9 cm³/mol. The summed E-state index contributed by atoms with van der Waals surface area (Å²) in [4.78, 5) is 2.40. The summed E-state index contributed by atoms with van der Waals surface area (Å²) in [5, 5.41) is 9.60. The lowest BCUT2D eigenvalue weighted by atomic mass is 10.1. The zero-order valence-electron chi connectivity index (χ0n) is 11.6. The smallest absolute Gasteiger partial charge is 0.119 e. The van der Waals surface area contributed by atoms with Gasteiger partial charge in [0.05, 0.1) is 19.8 Å². The molecule has 1 fully saturated rings. The Kier molecular flexibility index (Phi) is 5.48. The van der Waals surface area contributed by atoms with Crippen molar-refractivity contribution in [2.24, 2.45) is 0 Å². The first-order valence-electron chi connectivity index (χ1n) is 7.04. The summed E-state index contributed by atoms with van der Waals surface area (Å²) in [6.45, 7) is 7.54. The van der Waals surface area contributed by atoms with Gasteiger partial charge in [0.1, 0.15) is 11.5 Å². The maximum atomic E-state index is 9.60. The van der Waals surface area contributed by atoms with Gasteiger partial charge in [-0.1, -0.05) is 6.92 Å². The minimum Gasteiger partial charge on any atom is -0.508 e. The summed E-state index contributed by atoms with van der Waals surface area (Å²) >= 11 is 0. The quantitative estimate of drug-likeness (QED) is 0.799. The average Bonchev–Trinajstić information content (AvgIpc) is 2.46. The molecule has 0 radical (unpaired) electrons. The van der Waals surface area contributed by atoms with Gasteiger partial charge in [-0.25, -0.2) is 0 Å². The maximum absolute atomic E-state index is 9.60. The first-order chi connectivity index (χ1) is 9.29. The van der Waals surface area contributed by atoms with Gasteiger partial charge in [0, 0.05) is 19.6 Å². The fourth-order valence-electron chi connectivity index (χ4n) is 2.24. The molecule has 19 heavy (non-hydrogen) atoms. The number of morpholine rings is 1. The van der Waals surface area contributed by atoms with E-state index in [1.54, 1.807) is 6.07 Å². The highest BCUT2D eigenvalue weighted by molar-refractivity contribution is 5.39. The lowest BCUT2D eigenvalue weighted by Crippen LogP contribution is -2.37. The normalized spacial score (nSPS) is 16.5. The molecule has 1 heterocycles. The summed E-state index contributed by atoms with van der Waals surface area (Å²) in [5.74, 6) is 1.19. The van der Waals surface area contributed by atoms with Crippen LogP contribution in [-0.4, -0.2) is 49.5 Å². The van der Waals surface area contributed by atoms with Crippen LogP contribution in [0, 0.1) is 0 Å². The third kappa shape index (κ3) is 4.40. The molecule has 0 bridgehead atoms. The van der Waals surface area contributed by atoms with Gasteiger partial charge >= 0.3 is 0 Å². The molecule has 4 heteroatoms. The molecule has 4 nitrogen and oxygen atoms in total. The van der Waals surface area contributed by atoms with Gasteiger partial charge in [-0.3, -0.25) is 4.90 Å². The van der Waals surface area contributed by atoms with E-state index in [2.05, 4.69) is 4.90 Å². The van der Waals surface area contributed by atoms with Crippen molar-refractivity contribution >= 4 is 0 Å². The second-order valence-electron chi connectivity index (χ2n) is 4.80. The molecule has 0 saturated carbocycles. The highest BCUT2D eigenvalue weighted by Gasteiger charge is 2.09. The standard InChI is InChI=1S/C15H23NO3/c1-2-13-12-14(4-5-15(13)17)19-9-3-6-16-7-10-18-11-8-16/h4-5,12,17H,2-3,6-11H2,1H3. The van der Waals surface area contributed by atoms with Crippen LogP contribution in [0.3, 0.4) is 0 Å². The van der Waals surface area contributed by atoms with Crippen molar-refractivity contribution in [1.29, 1.82) is 0 Å². The van der Waals surface area contributed by atoms with Crippen LogP contribution in [0.25, 0.3) is 0 Å². The number of aryl methyl sites for hydroxylation is 1. The van der Waals surface area contributed by atoms with Crippen LogP contribution in [0.2, 0.25) is 0 Å². The molecule has 1 aromatic carbocycles. The Morgan fingerprint density at radius 2 is 2.11 bits per heavy atom. The summed E-state index contributed by atoms with van der Waals surface area (Å²) in [6.07, 6.45) is 1.83. The molecule has 0 amide bonds. The third-order valence-electron chi connectivity index (χ3n) is 3.42. The van der Waals surface area contributed by atoms with Gasteiger partial charge in [0.25, 0.3) is 0 Å². The van der Waals surface area contributed by atoms with E-state index in [-0.39, 0.29) is 0 Å². The Morgan fingerprint density at radius 3 is 2.84 bits per heavy atom. The van der Waals surface area contributed by atoms with Gasteiger partial charge in [0.15, 0.2) is 0 Å². The van der Waals surface area contributed by atoms with E-state index >= 15 is 0 Å². The Hall–Kier alpha value is -1.26. The van der Waals surface area contributed by atoms with Crippen molar-refractivity contribution in [2.45, 2.75) is 19.8 Å². The van der Waals surface area contributed by atoms with Crippen molar-refractivity contribution in [1.82, 2.24) is 4.90 Å². The minimum atomic E-state index is 0.350. The summed E-state index contributed by atoms with van der Waals surface area (Å²) in [5.41, 5.74) is 0.936. The van der Waals surface area contributed by atoms with Crippen LogP contribution in [0.1, 0.15) is 18.9 Å². The van der Waals surface area contributed by atoms with Gasteiger partial charge < -0.3 is 14.6 Å². The third-order valence-corrected chi connectivity index (χ3v) is 3.42. The molecule has 0 aromatic heterocycles. The number of benzene rings is 1.